The second kappa shape index (κ2) is 5.54. The lowest BCUT2D eigenvalue weighted by atomic mass is 10.1. The summed E-state index contributed by atoms with van der Waals surface area (Å²) in [4.78, 5) is 14.7. The van der Waals surface area contributed by atoms with Gasteiger partial charge >= 0.3 is 17.8 Å². The van der Waals surface area contributed by atoms with Crippen LogP contribution in [0.3, 0.4) is 0 Å². The van der Waals surface area contributed by atoms with Crippen molar-refractivity contribution in [2.45, 2.75) is 12.7 Å². The summed E-state index contributed by atoms with van der Waals surface area (Å²) in [5.41, 5.74) is -0.393. The van der Waals surface area contributed by atoms with Crippen LogP contribution in [0.25, 0.3) is 11.4 Å². The number of tetrazole rings is 1. The van der Waals surface area contributed by atoms with E-state index in [1.54, 1.807) is 0 Å². The molecule has 0 aliphatic rings. The number of halogens is 4. The Hall–Kier alpha value is -3.05. The van der Waals surface area contributed by atoms with Gasteiger partial charge in [-0.05, 0) is 28.1 Å². The Labute approximate surface area is 130 Å². The van der Waals surface area contributed by atoms with E-state index in [4.69, 9.17) is 0 Å². The van der Waals surface area contributed by atoms with Gasteiger partial charge in [-0.25, -0.2) is 9.18 Å². The van der Waals surface area contributed by atoms with Gasteiger partial charge in [0.05, 0.1) is 12.1 Å². The van der Waals surface area contributed by atoms with E-state index in [2.05, 4.69) is 25.1 Å². The highest BCUT2D eigenvalue weighted by molar-refractivity contribution is 5.55. The molecule has 24 heavy (non-hydrogen) atoms. The number of aromatic nitrogens is 6. The van der Waals surface area contributed by atoms with Gasteiger partial charge in [-0.2, -0.15) is 27.5 Å². The Bertz CT molecular complexity index is 942. The molecule has 126 valence electrons. The number of hydrogen-bond donors (Lipinski definition) is 0. The van der Waals surface area contributed by atoms with Gasteiger partial charge in [0.2, 0.25) is 5.82 Å². The van der Waals surface area contributed by atoms with Crippen molar-refractivity contribution < 1.29 is 22.1 Å². The molecule has 0 fully saturated rings. The normalized spacial score (nSPS) is 11.9. The van der Waals surface area contributed by atoms with Crippen molar-refractivity contribution in [3.8, 4) is 11.4 Å². The Morgan fingerprint density at radius 2 is 2.00 bits per heavy atom. The highest BCUT2D eigenvalue weighted by Crippen LogP contribution is 2.30. The third-order valence-electron chi connectivity index (χ3n) is 3.06. The van der Waals surface area contributed by atoms with E-state index in [0.29, 0.717) is 5.56 Å². The second-order valence-electron chi connectivity index (χ2n) is 4.78. The molecule has 0 radical (unpaired) electrons. The summed E-state index contributed by atoms with van der Waals surface area (Å²) in [5.74, 6) is -2.95. The molecule has 0 spiro atoms. The van der Waals surface area contributed by atoms with Crippen molar-refractivity contribution in [1.29, 1.82) is 0 Å². The summed E-state index contributed by atoms with van der Waals surface area (Å²) in [6, 6.07) is 3.64. The maximum absolute atomic E-state index is 14.1. The molecule has 0 N–H and O–H groups in total. The maximum atomic E-state index is 14.1. The summed E-state index contributed by atoms with van der Waals surface area (Å²) in [5, 5.41) is 10.2. The minimum absolute atomic E-state index is 0.0517. The molecule has 2 aromatic heterocycles. The number of nitrogens with zero attached hydrogens (tertiary/aromatic N) is 6. The Balaban J connectivity index is 1.89. The molecular formula is C12H8F4N6O2. The third-order valence-corrected chi connectivity index (χ3v) is 3.06. The molecule has 12 heteroatoms. The van der Waals surface area contributed by atoms with E-state index < -0.39 is 29.4 Å². The smallest absolute Gasteiger partial charge is 0.329 e. The monoisotopic (exact) mass is 344 g/mol. The van der Waals surface area contributed by atoms with Gasteiger partial charge in [-0.1, -0.05) is 11.2 Å². The summed E-state index contributed by atoms with van der Waals surface area (Å²) in [6.45, 7) is -0.0517. The fraction of sp³-hybridized carbons (Fsp3) is 0.250. The molecule has 8 nitrogen and oxygen atoms in total. The Morgan fingerprint density at radius 3 is 2.54 bits per heavy atom. The highest BCUT2D eigenvalue weighted by atomic mass is 19.4. The van der Waals surface area contributed by atoms with Crippen molar-refractivity contribution >= 4 is 0 Å². The van der Waals surface area contributed by atoms with E-state index >= 15 is 0 Å². The summed E-state index contributed by atoms with van der Waals surface area (Å²) >= 11 is 0. The number of rotatable bonds is 3. The van der Waals surface area contributed by atoms with Crippen LogP contribution in [0.15, 0.2) is 27.5 Å². The Morgan fingerprint density at radius 1 is 1.25 bits per heavy atom. The van der Waals surface area contributed by atoms with Crippen molar-refractivity contribution in [2.24, 2.45) is 7.05 Å². The van der Waals surface area contributed by atoms with Crippen LogP contribution in [0.5, 0.6) is 0 Å². The van der Waals surface area contributed by atoms with Gasteiger partial charge in [0.1, 0.15) is 5.82 Å². The first-order chi connectivity index (χ1) is 11.3. The maximum Gasteiger partial charge on any atom is 0.471 e. The number of alkyl halides is 3. The molecule has 0 bridgehead atoms. The van der Waals surface area contributed by atoms with Gasteiger partial charge in [-0.15, -0.1) is 0 Å². The van der Waals surface area contributed by atoms with Crippen LogP contribution in [0.2, 0.25) is 0 Å². The average Bonchev–Trinajstić information content (AvgIpc) is 3.10. The van der Waals surface area contributed by atoms with Crippen molar-refractivity contribution in [1.82, 2.24) is 29.9 Å². The molecule has 0 atom stereocenters. The van der Waals surface area contributed by atoms with Gasteiger partial charge in [0, 0.05) is 7.05 Å². The summed E-state index contributed by atoms with van der Waals surface area (Å²) < 4.78 is 57.5. The molecule has 0 aliphatic heterocycles. The van der Waals surface area contributed by atoms with Gasteiger partial charge in [0.25, 0.3) is 0 Å². The fourth-order valence-electron chi connectivity index (χ4n) is 1.91. The third kappa shape index (κ3) is 2.89. The first-order valence-corrected chi connectivity index (χ1v) is 6.42. The van der Waals surface area contributed by atoms with Crippen LogP contribution in [0.4, 0.5) is 17.6 Å². The van der Waals surface area contributed by atoms with Crippen LogP contribution in [-0.2, 0) is 19.8 Å². The van der Waals surface area contributed by atoms with Gasteiger partial charge in [0.15, 0.2) is 0 Å². The minimum atomic E-state index is -4.81. The van der Waals surface area contributed by atoms with Gasteiger partial charge < -0.3 is 4.52 Å². The van der Waals surface area contributed by atoms with Crippen molar-refractivity contribution in [3.05, 3.63) is 46.0 Å². The lowest BCUT2D eigenvalue weighted by Gasteiger charge is -2.03. The molecule has 3 rings (SSSR count). The zero-order valence-electron chi connectivity index (χ0n) is 12.0. The minimum Gasteiger partial charge on any atom is -0.329 e. The molecular weight excluding hydrogens is 336 g/mol. The second-order valence-corrected chi connectivity index (χ2v) is 4.78. The first-order valence-electron chi connectivity index (χ1n) is 6.42. The largest absolute Gasteiger partial charge is 0.471 e. The Kier molecular flexibility index (Phi) is 3.66. The van der Waals surface area contributed by atoms with Crippen molar-refractivity contribution in [3.63, 3.8) is 0 Å². The van der Waals surface area contributed by atoms with Crippen LogP contribution in [-0.4, -0.2) is 29.9 Å². The first kappa shape index (κ1) is 15.8. The SMILES string of the molecule is Cn1nnn(Cc2ccc(-c3noc(C(F)(F)F)n3)c(F)c2)c1=O. The lowest BCUT2D eigenvalue weighted by Crippen LogP contribution is -2.23. The molecule has 0 saturated heterocycles. The zero-order chi connectivity index (χ0) is 17.5. The van der Waals surface area contributed by atoms with E-state index in [1.807, 2.05) is 0 Å². The summed E-state index contributed by atoms with van der Waals surface area (Å²) in [6.07, 6.45) is -4.81. The molecule has 2 heterocycles. The molecule has 0 amide bonds. The standard InChI is InChI=1S/C12H8F4N6O2/c1-21-11(23)22(20-19-21)5-6-2-3-7(8(13)4-6)9-17-10(24-18-9)12(14,15)16/h2-4H,5H2,1H3. The van der Waals surface area contributed by atoms with E-state index in [-0.39, 0.29) is 12.1 Å². The number of hydrogen-bond acceptors (Lipinski definition) is 6. The predicted molar refractivity (Wildman–Crippen MR) is 69.1 cm³/mol. The topological polar surface area (TPSA) is 91.6 Å². The molecule has 0 unspecified atom stereocenters. The van der Waals surface area contributed by atoms with Crippen LogP contribution >= 0.6 is 0 Å². The van der Waals surface area contributed by atoms with Crippen LogP contribution in [0, 0.1) is 5.82 Å². The average molecular weight is 344 g/mol. The van der Waals surface area contributed by atoms with E-state index in [9.17, 15) is 22.4 Å². The van der Waals surface area contributed by atoms with Crippen LogP contribution < -0.4 is 5.69 Å². The molecule has 3 aromatic rings. The highest BCUT2D eigenvalue weighted by Gasteiger charge is 2.38. The molecule has 1 aromatic carbocycles. The fourth-order valence-corrected chi connectivity index (χ4v) is 1.91. The van der Waals surface area contributed by atoms with Gasteiger partial charge in [-0.3, -0.25) is 0 Å². The number of benzene rings is 1. The quantitative estimate of drug-likeness (QED) is 0.664. The van der Waals surface area contributed by atoms with E-state index in [0.717, 1.165) is 15.4 Å². The predicted octanol–water partition coefficient (Wildman–Crippen LogP) is 1.23. The molecule has 0 saturated carbocycles. The molecule has 0 aliphatic carbocycles. The van der Waals surface area contributed by atoms with Crippen molar-refractivity contribution in [2.75, 3.05) is 0 Å². The number of aryl methyl sites for hydroxylation is 1. The summed E-state index contributed by atoms with van der Waals surface area (Å²) in [7, 11) is 1.41. The van der Waals surface area contributed by atoms with E-state index in [1.165, 1.54) is 19.2 Å². The lowest BCUT2D eigenvalue weighted by molar-refractivity contribution is -0.159. The zero-order valence-corrected chi connectivity index (χ0v) is 12.0. The van der Waals surface area contributed by atoms with Crippen LogP contribution in [0.1, 0.15) is 11.5 Å².